The van der Waals surface area contributed by atoms with Gasteiger partial charge in [-0.25, -0.2) is 0 Å². The molecule has 5 fully saturated rings. The monoisotopic (exact) mass is 459 g/mol. The molecule has 2 heteroatoms. The topological polar surface area (TPSA) is 12.0 Å². The van der Waals surface area contributed by atoms with Gasteiger partial charge in [-0.1, -0.05) is 53.9 Å². The zero-order valence-corrected chi connectivity index (χ0v) is 22.9. The second-order valence-electron chi connectivity index (χ2n) is 14.0. The van der Waals surface area contributed by atoms with E-state index in [0.29, 0.717) is 15.7 Å². The third-order valence-electron chi connectivity index (χ3n) is 12.1. The molecule has 1 nitrogen and oxygen atoms in total. The maximum Gasteiger partial charge on any atom is 0.0648 e. The molecule has 9 atom stereocenters. The molecular formula is C30H53NS. The molecule has 0 amide bonds. The Bertz CT molecular complexity index is 653. The molecule has 4 saturated carbocycles. The van der Waals surface area contributed by atoms with E-state index in [-0.39, 0.29) is 0 Å². The van der Waals surface area contributed by atoms with Crippen LogP contribution in [0.1, 0.15) is 118 Å². The van der Waals surface area contributed by atoms with Crippen LogP contribution in [0.2, 0.25) is 0 Å². The highest BCUT2D eigenvalue weighted by Gasteiger charge is 2.61. The summed E-state index contributed by atoms with van der Waals surface area (Å²) in [4.78, 5) is 0.447. The van der Waals surface area contributed by atoms with Crippen molar-refractivity contribution < 1.29 is 0 Å². The molecule has 0 bridgehead atoms. The van der Waals surface area contributed by atoms with Crippen LogP contribution in [0.25, 0.3) is 0 Å². The minimum absolute atomic E-state index is 0.447. The van der Waals surface area contributed by atoms with Gasteiger partial charge >= 0.3 is 0 Å². The van der Waals surface area contributed by atoms with E-state index >= 15 is 0 Å². The van der Waals surface area contributed by atoms with E-state index in [4.69, 9.17) is 0 Å². The summed E-state index contributed by atoms with van der Waals surface area (Å²) in [7, 11) is 0. The van der Waals surface area contributed by atoms with Gasteiger partial charge in [-0.2, -0.15) is 0 Å². The summed E-state index contributed by atoms with van der Waals surface area (Å²) in [5.41, 5.74) is 1.29. The lowest BCUT2D eigenvalue weighted by Crippen LogP contribution is -2.59. The van der Waals surface area contributed by atoms with Gasteiger partial charge in [-0.15, -0.1) is 11.8 Å². The Hall–Kier alpha value is 0.310. The predicted octanol–water partition coefficient (Wildman–Crippen LogP) is 8.53. The number of rotatable bonds is 5. The van der Waals surface area contributed by atoms with E-state index < -0.39 is 0 Å². The molecule has 184 valence electrons. The Morgan fingerprint density at radius 1 is 0.875 bits per heavy atom. The first kappa shape index (κ1) is 24.0. The molecule has 0 aromatic rings. The molecule has 1 saturated heterocycles. The molecule has 0 aromatic carbocycles. The van der Waals surface area contributed by atoms with Crippen molar-refractivity contribution in [3.05, 3.63) is 0 Å². The number of thioether (sulfide) groups is 1. The third kappa shape index (κ3) is 4.04. The van der Waals surface area contributed by atoms with Crippen LogP contribution in [0.5, 0.6) is 0 Å². The highest BCUT2D eigenvalue weighted by molar-refractivity contribution is 8.00. The van der Waals surface area contributed by atoms with Gasteiger partial charge in [0.25, 0.3) is 0 Å². The van der Waals surface area contributed by atoms with E-state index in [9.17, 15) is 0 Å². The summed E-state index contributed by atoms with van der Waals surface area (Å²) < 4.78 is 0. The van der Waals surface area contributed by atoms with Crippen LogP contribution in [0, 0.1) is 52.3 Å². The van der Waals surface area contributed by atoms with Gasteiger partial charge in [0, 0.05) is 0 Å². The summed E-state index contributed by atoms with van der Waals surface area (Å²) in [6.07, 6.45) is 19.4. The van der Waals surface area contributed by atoms with Crippen LogP contribution < -0.4 is 5.32 Å². The molecule has 0 radical (unpaired) electrons. The minimum Gasteiger partial charge on any atom is -0.303 e. The van der Waals surface area contributed by atoms with Gasteiger partial charge in [0.1, 0.15) is 0 Å². The van der Waals surface area contributed by atoms with E-state index in [1.54, 1.807) is 25.7 Å². The Kier molecular flexibility index (Phi) is 6.81. The Labute approximate surface area is 204 Å². The smallest absolute Gasteiger partial charge is 0.0648 e. The molecule has 5 aliphatic rings. The Balaban J connectivity index is 1.27. The molecule has 4 aliphatic carbocycles. The quantitative estimate of drug-likeness (QED) is 0.442. The van der Waals surface area contributed by atoms with Gasteiger partial charge in [0.05, 0.1) is 4.87 Å². The number of fused-ring (bicyclic) bond motifs is 5. The zero-order chi connectivity index (χ0) is 22.6. The van der Waals surface area contributed by atoms with Crippen LogP contribution in [-0.4, -0.2) is 17.2 Å². The van der Waals surface area contributed by atoms with Gasteiger partial charge in [0.2, 0.25) is 0 Å². The number of hydrogen-bond acceptors (Lipinski definition) is 2. The van der Waals surface area contributed by atoms with E-state index in [1.165, 1.54) is 70.1 Å². The highest BCUT2D eigenvalue weighted by Crippen LogP contribution is 2.69. The lowest BCUT2D eigenvalue weighted by Gasteiger charge is -2.63. The fourth-order valence-corrected chi connectivity index (χ4v) is 11.7. The minimum atomic E-state index is 0.447. The molecule has 1 spiro atoms. The first-order chi connectivity index (χ1) is 15.3. The number of nitrogens with one attached hydrogen (secondary N) is 1. The van der Waals surface area contributed by atoms with Crippen LogP contribution >= 0.6 is 11.8 Å². The largest absolute Gasteiger partial charge is 0.303 e. The molecule has 1 N–H and O–H groups in total. The Morgan fingerprint density at radius 2 is 1.69 bits per heavy atom. The lowest BCUT2D eigenvalue weighted by atomic mass is 9.44. The average molecular weight is 460 g/mol. The van der Waals surface area contributed by atoms with Gasteiger partial charge in [-0.05, 0) is 129 Å². The van der Waals surface area contributed by atoms with Crippen LogP contribution in [-0.2, 0) is 0 Å². The summed E-state index contributed by atoms with van der Waals surface area (Å²) in [6.45, 7) is 14.2. The fraction of sp³-hybridized carbons (Fsp3) is 1.00. The van der Waals surface area contributed by atoms with Crippen LogP contribution in [0.15, 0.2) is 0 Å². The highest BCUT2D eigenvalue weighted by atomic mass is 32.2. The van der Waals surface area contributed by atoms with E-state index in [1.807, 2.05) is 0 Å². The van der Waals surface area contributed by atoms with Gasteiger partial charge in [-0.3, -0.25) is 0 Å². The van der Waals surface area contributed by atoms with E-state index in [2.05, 4.69) is 51.7 Å². The van der Waals surface area contributed by atoms with Crippen molar-refractivity contribution in [3.63, 3.8) is 0 Å². The first-order valence-electron chi connectivity index (χ1n) is 14.7. The normalized spacial score (nSPS) is 49.5. The van der Waals surface area contributed by atoms with E-state index in [0.717, 1.165) is 41.4 Å². The van der Waals surface area contributed by atoms with Crippen molar-refractivity contribution in [2.75, 3.05) is 12.3 Å². The average Bonchev–Trinajstić information content (AvgIpc) is 3.12. The number of hydrogen-bond donors (Lipinski definition) is 1. The van der Waals surface area contributed by atoms with Crippen LogP contribution in [0.3, 0.4) is 0 Å². The molecular weight excluding hydrogens is 406 g/mol. The molecule has 1 heterocycles. The van der Waals surface area contributed by atoms with Crippen molar-refractivity contribution in [3.8, 4) is 0 Å². The molecule has 0 aromatic heterocycles. The third-order valence-corrected chi connectivity index (χ3v) is 13.6. The molecule has 5 rings (SSSR count). The summed E-state index contributed by atoms with van der Waals surface area (Å²) in [5, 5.41) is 4.00. The lowest BCUT2D eigenvalue weighted by molar-refractivity contribution is -0.120. The predicted molar refractivity (Wildman–Crippen MR) is 141 cm³/mol. The van der Waals surface area contributed by atoms with Crippen molar-refractivity contribution in [2.24, 2.45) is 52.3 Å². The van der Waals surface area contributed by atoms with Gasteiger partial charge < -0.3 is 5.32 Å². The van der Waals surface area contributed by atoms with Crippen LogP contribution in [0.4, 0.5) is 0 Å². The van der Waals surface area contributed by atoms with Gasteiger partial charge in [0.15, 0.2) is 0 Å². The SMILES string of the molecule is CC(C)CCC[C@@H](C)[C@H]1CC[C@H]2[C@@H]3CC[C@H]4C[C@]5(CC[C@]4(C)[C@H]3CC[C@]12C)NCCCS5. The summed E-state index contributed by atoms with van der Waals surface area (Å²) in [6, 6.07) is 0. The fourth-order valence-electron chi connectivity index (χ4n) is 10.3. The van der Waals surface area contributed by atoms with Crippen molar-refractivity contribution in [1.29, 1.82) is 0 Å². The molecule has 0 unspecified atom stereocenters. The Morgan fingerprint density at radius 3 is 2.44 bits per heavy atom. The molecule has 1 aliphatic heterocycles. The summed E-state index contributed by atoms with van der Waals surface area (Å²) >= 11 is 2.29. The maximum atomic E-state index is 4.00. The first-order valence-corrected chi connectivity index (χ1v) is 15.6. The van der Waals surface area contributed by atoms with Crippen molar-refractivity contribution in [2.45, 2.75) is 123 Å². The zero-order valence-electron chi connectivity index (χ0n) is 22.1. The van der Waals surface area contributed by atoms with Crippen molar-refractivity contribution >= 4 is 11.8 Å². The second-order valence-corrected chi connectivity index (χ2v) is 15.5. The summed E-state index contributed by atoms with van der Waals surface area (Å²) in [5.74, 6) is 8.29. The second kappa shape index (κ2) is 9.07. The molecule has 32 heavy (non-hydrogen) atoms. The standard InChI is InChI=1S/C30H53NS/c1-21(2)8-6-9-22(3)25-12-13-26-24-11-10-23-20-30(31-18-7-19-32-30)17-16-28(23,4)27(24)14-15-29(25,26)5/h21-27,31H,6-20H2,1-5H3/t22-,23+,24+,25-,26+,27+,28+,29-,30-/m1/s1. The van der Waals surface area contributed by atoms with Crippen molar-refractivity contribution in [1.82, 2.24) is 5.32 Å². The maximum absolute atomic E-state index is 4.00.